The van der Waals surface area contributed by atoms with Crippen molar-refractivity contribution in [2.45, 2.75) is 6.10 Å². The van der Waals surface area contributed by atoms with Crippen molar-refractivity contribution in [3.05, 3.63) is 60.6 Å². The van der Waals surface area contributed by atoms with E-state index >= 15 is 0 Å². The number of hydrogen-bond donors (Lipinski definition) is 1. The lowest BCUT2D eigenvalue weighted by Gasteiger charge is -2.11. The van der Waals surface area contributed by atoms with Crippen molar-refractivity contribution >= 4 is 5.97 Å². The fourth-order valence-electron chi connectivity index (χ4n) is 1.55. The maximum Gasteiger partial charge on any atom is 0.341 e. The molecule has 0 saturated heterocycles. The maximum absolute atomic E-state index is 11.8. The van der Waals surface area contributed by atoms with Crippen LogP contribution in [0.3, 0.4) is 0 Å². The van der Waals surface area contributed by atoms with Crippen LogP contribution in [-0.4, -0.2) is 18.2 Å². The number of carbonyl (C=O) groups is 1. The van der Waals surface area contributed by atoms with E-state index in [4.69, 9.17) is 13.9 Å². The molecule has 1 heterocycles. The van der Waals surface area contributed by atoms with Gasteiger partial charge in [0.2, 0.25) is 0 Å². The van der Waals surface area contributed by atoms with Crippen molar-refractivity contribution < 1.29 is 23.8 Å². The predicted octanol–water partition coefficient (Wildman–Crippen LogP) is 2.48. The second-order valence-electron chi connectivity index (χ2n) is 4.01. The van der Waals surface area contributed by atoms with Crippen molar-refractivity contribution in [1.29, 1.82) is 0 Å². The molecule has 5 nitrogen and oxygen atoms in total. The van der Waals surface area contributed by atoms with Gasteiger partial charge in [0.25, 0.3) is 0 Å². The zero-order chi connectivity index (χ0) is 14.5. The zero-order valence-corrected chi connectivity index (χ0v) is 10.9. The van der Waals surface area contributed by atoms with Gasteiger partial charge in [0, 0.05) is 0 Å². The Hall–Kier alpha value is -2.53. The molecule has 1 N–H and O–H groups in total. The van der Waals surface area contributed by atoms with E-state index < -0.39 is 12.1 Å². The molecule has 20 heavy (non-hydrogen) atoms. The van der Waals surface area contributed by atoms with Crippen LogP contribution in [0.4, 0.5) is 0 Å². The number of carbonyl (C=O) groups excluding carboxylic acids is 1. The van der Waals surface area contributed by atoms with Crippen LogP contribution in [0.2, 0.25) is 0 Å². The van der Waals surface area contributed by atoms with Crippen LogP contribution in [0.5, 0.6) is 11.5 Å². The van der Waals surface area contributed by atoms with Crippen molar-refractivity contribution in [2.24, 2.45) is 0 Å². The molecular formula is C15H14O5. The van der Waals surface area contributed by atoms with Crippen LogP contribution in [-0.2, 0) is 4.79 Å². The quantitative estimate of drug-likeness (QED) is 0.515. The number of hydrogen-bond acceptors (Lipinski definition) is 5. The Bertz CT molecular complexity index is 583. The maximum atomic E-state index is 11.8. The minimum atomic E-state index is -1.23. The minimum absolute atomic E-state index is 0.101. The summed E-state index contributed by atoms with van der Waals surface area (Å²) in [5.74, 6) is 0.503. The van der Waals surface area contributed by atoms with Gasteiger partial charge in [-0.3, -0.25) is 0 Å². The van der Waals surface area contributed by atoms with Crippen molar-refractivity contribution in [3.8, 4) is 11.5 Å². The molecule has 2 aromatic rings. The Morgan fingerprint density at radius 2 is 1.90 bits per heavy atom. The highest BCUT2D eigenvalue weighted by molar-refractivity contribution is 5.90. The first-order valence-electron chi connectivity index (χ1n) is 5.88. The molecule has 1 unspecified atom stereocenters. The number of aliphatic hydroxyl groups is 1. The first-order chi connectivity index (χ1) is 9.61. The number of furan rings is 1. The molecule has 104 valence electrons. The van der Waals surface area contributed by atoms with E-state index in [1.807, 2.05) is 0 Å². The number of esters is 1. The number of benzene rings is 1. The highest BCUT2D eigenvalue weighted by Gasteiger charge is 2.22. The molecule has 0 bridgehead atoms. The Morgan fingerprint density at radius 1 is 1.25 bits per heavy atom. The van der Waals surface area contributed by atoms with Crippen molar-refractivity contribution in [3.63, 3.8) is 0 Å². The molecule has 2 rings (SSSR count). The van der Waals surface area contributed by atoms with Gasteiger partial charge in [0.1, 0.15) is 23.4 Å². The molecule has 0 spiro atoms. The van der Waals surface area contributed by atoms with Gasteiger partial charge in [0.15, 0.2) is 0 Å². The average Bonchev–Trinajstić information content (AvgIpc) is 3.00. The lowest BCUT2D eigenvalue weighted by molar-refractivity contribution is -0.131. The number of ether oxygens (including phenoxy) is 2. The summed E-state index contributed by atoms with van der Waals surface area (Å²) >= 11 is 0. The van der Waals surface area contributed by atoms with Crippen LogP contribution < -0.4 is 9.47 Å². The summed E-state index contributed by atoms with van der Waals surface area (Å²) in [6.07, 6.45) is 0.177. The van der Waals surface area contributed by atoms with Gasteiger partial charge < -0.3 is 19.0 Å². The van der Waals surface area contributed by atoms with Gasteiger partial charge in [-0.15, -0.1) is 0 Å². The topological polar surface area (TPSA) is 68.9 Å². The molecule has 1 aromatic carbocycles. The normalized spacial score (nSPS) is 11.7. The van der Waals surface area contributed by atoms with Crippen molar-refractivity contribution in [1.82, 2.24) is 0 Å². The van der Waals surface area contributed by atoms with E-state index in [2.05, 4.69) is 6.58 Å². The highest BCUT2D eigenvalue weighted by atomic mass is 16.5. The molecule has 5 heteroatoms. The number of methoxy groups -OCH3 is 1. The van der Waals surface area contributed by atoms with Gasteiger partial charge in [-0.25, -0.2) is 4.79 Å². The molecule has 0 radical (unpaired) electrons. The molecule has 0 aliphatic rings. The van der Waals surface area contributed by atoms with E-state index in [0.717, 1.165) is 0 Å². The second-order valence-corrected chi connectivity index (χ2v) is 4.01. The van der Waals surface area contributed by atoms with E-state index in [-0.39, 0.29) is 11.3 Å². The monoisotopic (exact) mass is 274 g/mol. The first kappa shape index (κ1) is 13.9. The third-order valence-electron chi connectivity index (χ3n) is 2.67. The summed E-state index contributed by atoms with van der Waals surface area (Å²) < 4.78 is 15.1. The van der Waals surface area contributed by atoms with Crippen LogP contribution in [0.1, 0.15) is 11.9 Å². The molecule has 1 atom stereocenters. The van der Waals surface area contributed by atoms with E-state index in [0.29, 0.717) is 11.5 Å². The summed E-state index contributed by atoms with van der Waals surface area (Å²) in [5, 5.41) is 9.89. The lowest BCUT2D eigenvalue weighted by Crippen LogP contribution is -2.16. The van der Waals surface area contributed by atoms with Crippen LogP contribution >= 0.6 is 0 Å². The van der Waals surface area contributed by atoms with E-state index in [1.165, 1.54) is 6.26 Å². The lowest BCUT2D eigenvalue weighted by atomic mass is 10.1. The zero-order valence-electron chi connectivity index (χ0n) is 10.9. The largest absolute Gasteiger partial charge is 0.497 e. The van der Waals surface area contributed by atoms with Gasteiger partial charge >= 0.3 is 5.97 Å². The van der Waals surface area contributed by atoms with Crippen LogP contribution in [0.15, 0.2) is 59.2 Å². The third-order valence-corrected chi connectivity index (χ3v) is 2.67. The average molecular weight is 274 g/mol. The van der Waals surface area contributed by atoms with Gasteiger partial charge in [-0.05, 0) is 36.4 Å². The standard InChI is InChI=1S/C15H14O5/c1-10(14(16)13-4-3-9-19-13)15(17)20-12-7-5-11(18-2)6-8-12/h3-9,14,16H,1H2,2H3. The summed E-state index contributed by atoms with van der Waals surface area (Å²) in [6, 6.07) is 9.66. The second kappa shape index (κ2) is 6.08. The molecule has 0 fully saturated rings. The van der Waals surface area contributed by atoms with Gasteiger partial charge in [-0.1, -0.05) is 6.58 Å². The van der Waals surface area contributed by atoms with Crippen LogP contribution in [0, 0.1) is 0 Å². The summed E-state index contributed by atoms with van der Waals surface area (Å²) in [5.41, 5.74) is -0.101. The molecule has 0 aliphatic heterocycles. The van der Waals surface area contributed by atoms with E-state index in [1.54, 1.807) is 43.5 Å². The number of rotatable bonds is 5. The SMILES string of the molecule is C=C(C(=O)Oc1ccc(OC)cc1)C(O)c1ccco1. The first-order valence-corrected chi connectivity index (χ1v) is 5.88. The molecule has 0 aliphatic carbocycles. The third kappa shape index (κ3) is 3.07. The predicted molar refractivity (Wildman–Crippen MR) is 71.4 cm³/mol. The molecular weight excluding hydrogens is 260 g/mol. The number of aliphatic hydroxyl groups excluding tert-OH is 1. The van der Waals surface area contributed by atoms with E-state index in [9.17, 15) is 9.90 Å². The Balaban J connectivity index is 2.02. The molecule has 0 saturated carbocycles. The van der Waals surface area contributed by atoms with Crippen LogP contribution in [0.25, 0.3) is 0 Å². The highest BCUT2D eigenvalue weighted by Crippen LogP contribution is 2.23. The van der Waals surface area contributed by atoms with Crippen molar-refractivity contribution in [2.75, 3.05) is 7.11 Å². The van der Waals surface area contributed by atoms with Gasteiger partial charge in [0.05, 0.1) is 18.9 Å². The Kier molecular flexibility index (Phi) is 4.22. The fourth-order valence-corrected chi connectivity index (χ4v) is 1.55. The molecule has 0 amide bonds. The molecule has 1 aromatic heterocycles. The smallest absolute Gasteiger partial charge is 0.341 e. The Labute approximate surface area is 116 Å². The fraction of sp³-hybridized carbons (Fsp3) is 0.133. The minimum Gasteiger partial charge on any atom is -0.497 e. The summed E-state index contributed by atoms with van der Waals surface area (Å²) in [6.45, 7) is 3.53. The summed E-state index contributed by atoms with van der Waals surface area (Å²) in [7, 11) is 1.54. The van der Waals surface area contributed by atoms with Gasteiger partial charge in [-0.2, -0.15) is 0 Å². The Morgan fingerprint density at radius 3 is 2.45 bits per heavy atom. The summed E-state index contributed by atoms with van der Waals surface area (Å²) in [4.78, 5) is 11.8.